The number of rotatable bonds is 52. The van der Waals surface area contributed by atoms with Gasteiger partial charge in [-0.2, -0.15) is 0 Å². The van der Waals surface area contributed by atoms with Crippen LogP contribution in [0.4, 0.5) is 0 Å². The van der Waals surface area contributed by atoms with E-state index in [9.17, 15) is 19.8 Å². The fourth-order valence-corrected chi connectivity index (χ4v) is 8.46. The number of carbonyl (C=O) groups excluding carboxylic acids is 2. The lowest BCUT2D eigenvalue weighted by molar-refractivity contribution is -0.143. The summed E-state index contributed by atoms with van der Waals surface area (Å²) in [5.41, 5.74) is 0. The minimum Gasteiger partial charge on any atom is -0.466 e. The number of hydrogen-bond donors (Lipinski definition) is 3. The molecule has 6 heteroatoms. The van der Waals surface area contributed by atoms with Crippen molar-refractivity contribution < 1.29 is 24.5 Å². The number of nitrogens with one attached hydrogen (secondary N) is 1. The Bertz CT molecular complexity index is 1100. The highest BCUT2D eigenvalue weighted by molar-refractivity contribution is 5.76. The molecular formula is C59H109NO5. The Morgan fingerprint density at radius 3 is 1.20 bits per heavy atom. The van der Waals surface area contributed by atoms with E-state index < -0.39 is 12.1 Å². The number of esters is 1. The van der Waals surface area contributed by atoms with E-state index in [1.807, 2.05) is 0 Å². The Labute approximate surface area is 404 Å². The fourth-order valence-electron chi connectivity index (χ4n) is 8.46. The smallest absolute Gasteiger partial charge is 0.305 e. The molecule has 0 fully saturated rings. The maximum absolute atomic E-state index is 12.5. The van der Waals surface area contributed by atoms with Crippen LogP contribution in [0.5, 0.6) is 0 Å². The van der Waals surface area contributed by atoms with Crippen LogP contribution in [0.3, 0.4) is 0 Å². The number of amides is 1. The second-order valence-corrected chi connectivity index (χ2v) is 19.3. The molecule has 0 aliphatic carbocycles. The Morgan fingerprint density at radius 2 is 0.769 bits per heavy atom. The van der Waals surface area contributed by atoms with Gasteiger partial charge < -0.3 is 20.3 Å². The monoisotopic (exact) mass is 912 g/mol. The molecule has 0 rings (SSSR count). The Hall–Kier alpha value is -2.18. The van der Waals surface area contributed by atoms with Gasteiger partial charge in [0, 0.05) is 12.8 Å². The molecule has 0 bridgehead atoms. The van der Waals surface area contributed by atoms with Crippen molar-refractivity contribution in [1.29, 1.82) is 0 Å². The molecule has 0 aliphatic rings. The predicted molar refractivity (Wildman–Crippen MR) is 282 cm³/mol. The molecule has 1 amide bonds. The second-order valence-electron chi connectivity index (χ2n) is 19.3. The third-order valence-corrected chi connectivity index (χ3v) is 12.9. The number of carbonyl (C=O) groups is 2. The highest BCUT2D eigenvalue weighted by Gasteiger charge is 2.20. The quantitative estimate of drug-likeness (QED) is 0.0321. The SMILES string of the molecule is CCCCC/C=C\C/C=C\CCCCCCCCCC(=O)OCCCCC/C=C\C/C=C\CCCCCCCCCC(=O)NC(CO)C(O)CCCCCCCCCCCCCCCC. The van der Waals surface area contributed by atoms with E-state index in [-0.39, 0.29) is 18.5 Å². The van der Waals surface area contributed by atoms with Crippen LogP contribution in [0.15, 0.2) is 48.6 Å². The van der Waals surface area contributed by atoms with Crippen molar-refractivity contribution in [2.24, 2.45) is 0 Å². The van der Waals surface area contributed by atoms with Gasteiger partial charge in [0.1, 0.15) is 0 Å². The summed E-state index contributed by atoms with van der Waals surface area (Å²) in [5, 5.41) is 23.2. The average molecular weight is 913 g/mol. The first-order valence-corrected chi connectivity index (χ1v) is 28.4. The lowest BCUT2D eigenvalue weighted by Crippen LogP contribution is -2.45. The van der Waals surface area contributed by atoms with Crippen molar-refractivity contribution in [3.8, 4) is 0 Å². The van der Waals surface area contributed by atoms with Crippen LogP contribution >= 0.6 is 0 Å². The van der Waals surface area contributed by atoms with Crippen LogP contribution < -0.4 is 5.32 Å². The molecule has 0 saturated carbocycles. The average Bonchev–Trinajstić information content (AvgIpc) is 3.31. The third kappa shape index (κ3) is 51.1. The highest BCUT2D eigenvalue weighted by Crippen LogP contribution is 2.16. The van der Waals surface area contributed by atoms with Gasteiger partial charge in [0.25, 0.3) is 0 Å². The normalized spacial score (nSPS) is 13.0. The summed E-state index contributed by atoms with van der Waals surface area (Å²) >= 11 is 0. The van der Waals surface area contributed by atoms with Crippen molar-refractivity contribution in [2.45, 2.75) is 302 Å². The number of aliphatic hydroxyl groups excluding tert-OH is 2. The molecule has 0 heterocycles. The largest absolute Gasteiger partial charge is 0.466 e. The van der Waals surface area contributed by atoms with Crippen molar-refractivity contribution in [3.63, 3.8) is 0 Å². The highest BCUT2D eigenvalue weighted by atomic mass is 16.5. The van der Waals surface area contributed by atoms with E-state index in [1.54, 1.807) is 0 Å². The maximum Gasteiger partial charge on any atom is 0.305 e. The molecule has 0 saturated heterocycles. The molecule has 380 valence electrons. The second kappa shape index (κ2) is 54.4. The fraction of sp³-hybridized carbons (Fsp3) is 0.831. The van der Waals surface area contributed by atoms with Crippen LogP contribution in [-0.2, 0) is 14.3 Å². The number of ether oxygens (including phenoxy) is 1. The topological polar surface area (TPSA) is 95.9 Å². The first kappa shape index (κ1) is 62.8. The minimum atomic E-state index is -0.675. The lowest BCUT2D eigenvalue weighted by Gasteiger charge is -2.22. The van der Waals surface area contributed by atoms with Gasteiger partial charge in [-0.05, 0) is 96.3 Å². The number of aliphatic hydroxyl groups is 2. The molecule has 65 heavy (non-hydrogen) atoms. The number of allylic oxidation sites excluding steroid dienone is 8. The molecule has 2 unspecified atom stereocenters. The summed E-state index contributed by atoms with van der Waals surface area (Å²) < 4.78 is 5.45. The van der Waals surface area contributed by atoms with E-state index >= 15 is 0 Å². The van der Waals surface area contributed by atoms with E-state index in [1.165, 1.54) is 167 Å². The minimum absolute atomic E-state index is 0.0237. The van der Waals surface area contributed by atoms with Gasteiger partial charge in [0.2, 0.25) is 5.91 Å². The van der Waals surface area contributed by atoms with Crippen LogP contribution in [0, 0.1) is 0 Å². The molecule has 3 N–H and O–H groups in total. The van der Waals surface area contributed by atoms with Gasteiger partial charge in [0.05, 0.1) is 25.4 Å². The van der Waals surface area contributed by atoms with E-state index in [4.69, 9.17) is 4.74 Å². The van der Waals surface area contributed by atoms with Gasteiger partial charge in [-0.25, -0.2) is 0 Å². The lowest BCUT2D eigenvalue weighted by atomic mass is 10.0. The molecule has 0 aromatic rings. The number of unbranched alkanes of at least 4 members (excludes halogenated alkanes) is 33. The van der Waals surface area contributed by atoms with Crippen molar-refractivity contribution >= 4 is 11.9 Å². The Morgan fingerprint density at radius 1 is 0.431 bits per heavy atom. The third-order valence-electron chi connectivity index (χ3n) is 12.9. The molecule has 6 nitrogen and oxygen atoms in total. The zero-order valence-corrected chi connectivity index (χ0v) is 43.2. The molecule has 0 spiro atoms. The van der Waals surface area contributed by atoms with Gasteiger partial charge in [-0.15, -0.1) is 0 Å². The summed E-state index contributed by atoms with van der Waals surface area (Å²) in [7, 11) is 0. The van der Waals surface area contributed by atoms with Crippen LogP contribution in [-0.4, -0.2) is 47.4 Å². The Balaban J connectivity index is 3.50. The Kier molecular flexibility index (Phi) is 52.6. The van der Waals surface area contributed by atoms with Gasteiger partial charge in [-0.1, -0.05) is 229 Å². The zero-order chi connectivity index (χ0) is 47.2. The standard InChI is InChI=1S/C59H109NO5/c1-3-5-7-9-11-13-15-17-19-21-25-29-33-37-41-45-49-53-59(64)65-54-50-46-42-38-34-30-26-23-20-22-24-28-32-36-40-44-48-52-58(63)60-56(55-61)57(62)51-47-43-39-35-31-27-18-16-14-12-10-8-6-4-2/h11,13,17,19-20,23,30,34,56-57,61-62H,3-10,12,14-16,18,21-22,24-29,31-33,35-55H2,1-2H3,(H,60,63)/b13-11-,19-17-,23-20-,34-30-. The number of hydrogen-bond acceptors (Lipinski definition) is 5. The first-order valence-electron chi connectivity index (χ1n) is 28.4. The van der Waals surface area contributed by atoms with E-state index in [0.717, 1.165) is 89.9 Å². The van der Waals surface area contributed by atoms with E-state index in [0.29, 0.717) is 25.9 Å². The van der Waals surface area contributed by atoms with Crippen LogP contribution in [0.25, 0.3) is 0 Å². The summed E-state index contributed by atoms with van der Waals surface area (Å²) in [6.07, 6.45) is 68.1. The van der Waals surface area contributed by atoms with Gasteiger partial charge in [0.15, 0.2) is 0 Å². The molecule has 0 aliphatic heterocycles. The summed E-state index contributed by atoms with van der Waals surface area (Å²) in [6, 6.07) is -0.554. The van der Waals surface area contributed by atoms with Crippen LogP contribution in [0.2, 0.25) is 0 Å². The summed E-state index contributed by atoms with van der Waals surface area (Å²) in [6.45, 7) is 4.88. The van der Waals surface area contributed by atoms with E-state index in [2.05, 4.69) is 67.8 Å². The first-order chi connectivity index (χ1) is 32.0. The summed E-state index contributed by atoms with van der Waals surface area (Å²) in [4.78, 5) is 24.5. The predicted octanol–water partition coefficient (Wildman–Crippen LogP) is 17.4. The van der Waals surface area contributed by atoms with Crippen molar-refractivity contribution in [1.82, 2.24) is 5.32 Å². The molecule has 0 aromatic carbocycles. The molecule has 2 atom stereocenters. The van der Waals surface area contributed by atoms with Crippen molar-refractivity contribution in [3.05, 3.63) is 48.6 Å². The van der Waals surface area contributed by atoms with Crippen molar-refractivity contribution in [2.75, 3.05) is 13.2 Å². The molecular weight excluding hydrogens is 803 g/mol. The van der Waals surface area contributed by atoms with Gasteiger partial charge in [-0.3, -0.25) is 9.59 Å². The maximum atomic E-state index is 12.5. The molecule has 0 radical (unpaired) electrons. The van der Waals surface area contributed by atoms with Gasteiger partial charge >= 0.3 is 5.97 Å². The summed E-state index contributed by atoms with van der Waals surface area (Å²) in [5.74, 6) is -0.0754. The zero-order valence-electron chi connectivity index (χ0n) is 43.2. The molecule has 0 aromatic heterocycles. The van der Waals surface area contributed by atoms with Crippen LogP contribution in [0.1, 0.15) is 290 Å².